The van der Waals surface area contributed by atoms with Gasteiger partial charge in [0.25, 0.3) is 0 Å². The van der Waals surface area contributed by atoms with Crippen molar-refractivity contribution in [1.29, 1.82) is 0 Å². The number of hydrogen-bond acceptors (Lipinski definition) is 4. The highest BCUT2D eigenvalue weighted by atomic mass is 15.2. The van der Waals surface area contributed by atoms with Crippen LogP contribution in [-0.2, 0) is 0 Å². The molecule has 4 aromatic heterocycles. The Labute approximate surface area is 343 Å². The van der Waals surface area contributed by atoms with Crippen molar-refractivity contribution >= 4 is 76.2 Å². The van der Waals surface area contributed by atoms with Crippen molar-refractivity contribution in [1.82, 2.24) is 29.1 Å². The van der Waals surface area contributed by atoms with Gasteiger partial charge in [-0.25, -0.2) is 19.9 Å². The van der Waals surface area contributed by atoms with Gasteiger partial charge >= 0.3 is 0 Å². The first-order chi connectivity index (χ1) is 29.8. The van der Waals surface area contributed by atoms with Crippen LogP contribution in [0.25, 0.3) is 122 Å². The molecule has 13 aromatic rings. The number of hydrogen-bond donors (Lipinski definition) is 0. The molecule has 13 rings (SSSR count). The van der Waals surface area contributed by atoms with E-state index in [1.165, 1.54) is 21.5 Å². The molecule has 0 saturated carbocycles. The van der Waals surface area contributed by atoms with Gasteiger partial charge in [-0.3, -0.25) is 9.13 Å². The highest BCUT2D eigenvalue weighted by molar-refractivity contribution is 6.26. The quantitative estimate of drug-likeness (QED) is 0.164. The van der Waals surface area contributed by atoms with Crippen molar-refractivity contribution in [3.8, 4) is 45.5 Å². The zero-order chi connectivity index (χ0) is 39.3. The second-order valence-electron chi connectivity index (χ2n) is 15.4. The molecule has 0 aliphatic heterocycles. The van der Waals surface area contributed by atoms with Crippen molar-refractivity contribution in [2.75, 3.05) is 0 Å². The van der Waals surface area contributed by atoms with Gasteiger partial charge in [-0.2, -0.15) is 0 Å². The minimum Gasteiger partial charge on any atom is -0.278 e. The molecule has 0 aliphatic carbocycles. The van der Waals surface area contributed by atoms with Gasteiger partial charge < -0.3 is 0 Å². The third kappa shape index (κ3) is 4.76. The SMILES string of the molecule is c1ccc(-c2nc(-n3c4ccccc4c4ccc(-c5ccc6c7c5ccc5cccc(c57)n6-c5nc(-c6ccccc6)c6ccccc6n5)cc43)nc3ccccc23)cc1. The first-order valence-electron chi connectivity index (χ1n) is 20.2. The Morgan fingerprint density at radius 2 is 0.833 bits per heavy atom. The van der Waals surface area contributed by atoms with Crippen LogP contribution < -0.4 is 0 Å². The number of benzene rings is 9. The molecule has 278 valence electrons. The van der Waals surface area contributed by atoms with E-state index in [-0.39, 0.29) is 0 Å². The summed E-state index contributed by atoms with van der Waals surface area (Å²) in [6, 6.07) is 68.3. The van der Waals surface area contributed by atoms with E-state index >= 15 is 0 Å². The fraction of sp³-hybridized carbons (Fsp3) is 0. The van der Waals surface area contributed by atoms with E-state index < -0.39 is 0 Å². The first kappa shape index (κ1) is 32.8. The lowest BCUT2D eigenvalue weighted by Gasteiger charge is -2.13. The van der Waals surface area contributed by atoms with Gasteiger partial charge in [-0.05, 0) is 58.3 Å². The van der Waals surface area contributed by atoms with Crippen molar-refractivity contribution in [3.05, 3.63) is 194 Å². The zero-order valence-corrected chi connectivity index (χ0v) is 32.2. The molecule has 0 bridgehead atoms. The summed E-state index contributed by atoms with van der Waals surface area (Å²) in [5.41, 5.74) is 12.3. The maximum atomic E-state index is 5.33. The molecule has 6 nitrogen and oxygen atoms in total. The summed E-state index contributed by atoms with van der Waals surface area (Å²) in [4.78, 5) is 21.1. The van der Waals surface area contributed by atoms with E-state index in [0.29, 0.717) is 11.9 Å². The normalized spacial score (nSPS) is 12.0. The highest BCUT2D eigenvalue weighted by Gasteiger charge is 2.23. The third-order valence-electron chi connectivity index (χ3n) is 12.1. The van der Waals surface area contributed by atoms with Crippen LogP contribution in [0.2, 0.25) is 0 Å². The molecule has 0 radical (unpaired) electrons. The average molecular weight is 765 g/mol. The molecule has 9 aromatic carbocycles. The molecule has 0 unspecified atom stereocenters. The predicted octanol–water partition coefficient (Wildman–Crippen LogP) is 13.4. The van der Waals surface area contributed by atoms with E-state index in [9.17, 15) is 0 Å². The molecule has 0 N–H and O–H groups in total. The Balaban J connectivity index is 1.05. The van der Waals surface area contributed by atoms with Crippen LogP contribution in [0.4, 0.5) is 0 Å². The summed E-state index contributed by atoms with van der Waals surface area (Å²) in [5.74, 6) is 1.30. The van der Waals surface area contributed by atoms with Crippen molar-refractivity contribution in [2.45, 2.75) is 0 Å². The first-order valence-corrected chi connectivity index (χ1v) is 20.2. The van der Waals surface area contributed by atoms with Crippen LogP contribution in [0.3, 0.4) is 0 Å². The third-order valence-corrected chi connectivity index (χ3v) is 12.1. The fourth-order valence-corrected chi connectivity index (χ4v) is 9.47. The average Bonchev–Trinajstić information content (AvgIpc) is 3.84. The van der Waals surface area contributed by atoms with Gasteiger partial charge in [-0.1, -0.05) is 158 Å². The summed E-state index contributed by atoms with van der Waals surface area (Å²) < 4.78 is 4.48. The largest absolute Gasteiger partial charge is 0.278 e. The van der Waals surface area contributed by atoms with Crippen LogP contribution in [0.15, 0.2) is 194 Å². The van der Waals surface area contributed by atoms with Gasteiger partial charge in [-0.15, -0.1) is 0 Å². The lowest BCUT2D eigenvalue weighted by molar-refractivity contribution is 1.01. The molecular formula is C54H32N6. The molecule has 6 heteroatoms. The molecule has 0 aliphatic rings. The Morgan fingerprint density at radius 1 is 0.300 bits per heavy atom. The molecule has 0 atom stereocenters. The molecule has 0 amide bonds. The molecule has 4 heterocycles. The van der Waals surface area contributed by atoms with Gasteiger partial charge in [0.1, 0.15) is 0 Å². The Kier molecular flexibility index (Phi) is 6.91. The Hall–Kier alpha value is -8.22. The lowest BCUT2D eigenvalue weighted by Crippen LogP contribution is -2.03. The maximum absolute atomic E-state index is 5.33. The Bertz CT molecular complexity index is 3830. The minimum absolute atomic E-state index is 0.644. The van der Waals surface area contributed by atoms with Crippen molar-refractivity contribution in [3.63, 3.8) is 0 Å². The number of nitrogens with zero attached hydrogens (tertiary/aromatic N) is 6. The summed E-state index contributed by atoms with van der Waals surface area (Å²) in [6.45, 7) is 0. The van der Waals surface area contributed by atoms with Crippen LogP contribution in [0.1, 0.15) is 0 Å². The van der Waals surface area contributed by atoms with Gasteiger partial charge in [0.15, 0.2) is 0 Å². The minimum atomic E-state index is 0.644. The number of para-hydroxylation sites is 3. The van der Waals surface area contributed by atoms with Crippen molar-refractivity contribution < 1.29 is 0 Å². The zero-order valence-electron chi connectivity index (χ0n) is 32.2. The van der Waals surface area contributed by atoms with Crippen LogP contribution >= 0.6 is 0 Å². The van der Waals surface area contributed by atoms with E-state index in [2.05, 4.69) is 179 Å². The lowest BCUT2D eigenvalue weighted by atomic mass is 9.94. The van der Waals surface area contributed by atoms with E-state index in [0.717, 1.165) is 88.3 Å². The molecule has 0 fully saturated rings. The summed E-state index contributed by atoms with van der Waals surface area (Å²) in [6.07, 6.45) is 0. The van der Waals surface area contributed by atoms with Gasteiger partial charge in [0, 0.05) is 43.4 Å². The fourth-order valence-electron chi connectivity index (χ4n) is 9.47. The van der Waals surface area contributed by atoms with Crippen LogP contribution in [-0.4, -0.2) is 29.1 Å². The second-order valence-corrected chi connectivity index (χ2v) is 15.4. The standard InChI is InChI=1S/C54H32N6/c1-3-14-34(15-4-1)51-41-20-7-10-22-43(41)55-53(57-51)59-45-24-12-9-19-38(45)39-28-27-36(32-48(39)59)37-30-31-47-50-40(37)29-26-33-18-13-25-46(49(33)50)60(47)54-56-44-23-11-8-21-42(44)52(58-54)35-16-5-2-6-17-35/h1-32H. The summed E-state index contributed by atoms with van der Waals surface area (Å²) in [5, 5.41) is 9.13. The molecule has 60 heavy (non-hydrogen) atoms. The molecule has 0 saturated heterocycles. The monoisotopic (exact) mass is 764 g/mol. The summed E-state index contributed by atoms with van der Waals surface area (Å²) in [7, 11) is 0. The molecular weight excluding hydrogens is 733 g/mol. The van der Waals surface area contributed by atoms with Crippen molar-refractivity contribution in [2.24, 2.45) is 0 Å². The van der Waals surface area contributed by atoms with Crippen LogP contribution in [0, 0.1) is 0 Å². The maximum Gasteiger partial charge on any atom is 0.235 e. The number of rotatable bonds is 5. The topological polar surface area (TPSA) is 61.4 Å². The molecule has 0 spiro atoms. The van der Waals surface area contributed by atoms with E-state index in [4.69, 9.17) is 19.9 Å². The number of aromatic nitrogens is 6. The van der Waals surface area contributed by atoms with Crippen LogP contribution in [0.5, 0.6) is 0 Å². The summed E-state index contributed by atoms with van der Waals surface area (Å²) >= 11 is 0. The van der Waals surface area contributed by atoms with Gasteiger partial charge in [0.05, 0.1) is 44.5 Å². The predicted molar refractivity (Wildman–Crippen MR) is 246 cm³/mol. The van der Waals surface area contributed by atoms with E-state index in [1.54, 1.807) is 0 Å². The van der Waals surface area contributed by atoms with E-state index in [1.807, 2.05) is 24.3 Å². The highest BCUT2D eigenvalue weighted by Crippen LogP contribution is 2.44. The second kappa shape index (κ2) is 12.6. The Morgan fingerprint density at radius 3 is 1.52 bits per heavy atom. The number of fused-ring (bicyclic) bond motifs is 5. The smallest absolute Gasteiger partial charge is 0.235 e. The van der Waals surface area contributed by atoms with Gasteiger partial charge in [0.2, 0.25) is 11.9 Å².